The van der Waals surface area contributed by atoms with Gasteiger partial charge in [0.25, 0.3) is 5.84 Å². The van der Waals surface area contributed by atoms with Crippen molar-refractivity contribution in [2.75, 3.05) is 0 Å². The van der Waals surface area contributed by atoms with E-state index >= 15 is 0 Å². The Bertz CT molecular complexity index is 1080. The van der Waals surface area contributed by atoms with Gasteiger partial charge in [0.2, 0.25) is 0 Å². The van der Waals surface area contributed by atoms with Crippen molar-refractivity contribution in [3.05, 3.63) is 17.1 Å². The van der Waals surface area contributed by atoms with Gasteiger partial charge in [0, 0.05) is 40.4 Å². The summed E-state index contributed by atoms with van der Waals surface area (Å²) >= 11 is 0. The molecule has 0 saturated heterocycles. The van der Waals surface area contributed by atoms with Crippen LogP contribution in [0.4, 0.5) is 0 Å². The molecular formula is C23H39N8+. The van der Waals surface area contributed by atoms with Crippen LogP contribution in [-0.2, 0) is 12.5 Å². The van der Waals surface area contributed by atoms with Crippen molar-refractivity contribution in [3.63, 3.8) is 0 Å². The third-order valence-electron chi connectivity index (χ3n) is 5.73. The maximum absolute atomic E-state index is 6.31. The van der Waals surface area contributed by atoms with E-state index in [1.54, 1.807) is 4.63 Å². The van der Waals surface area contributed by atoms with Crippen LogP contribution >= 0.6 is 0 Å². The second-order valence-corrected chi connectivity index (χ2v) is 11.3. The molecule has 3 N–H and O–H groups in total. The molecule has 0 bridgehead atoms. The minimum Gasteiger partial charge on any atom is -0.322 e. The Morgan fingerprint density at radius 2 is 1.58 bits per heavy atom. The third-order valence-corrected chi connectivity index (χ3v) is 5.73. The normalized spacial score (nSPS) is 18.5. The van der Waals surface area contributed by atoms with Crippen molar-refractivity contribution in [3.8, 4) is 0 Å². The summed E-state index contributed by atoms with van der Waals surface area (Å²) in [6.07, 6.45) is 0. The zero-order valence-electron chi connectivity index (χ0n) is 21.0. The first-order chi connectivity index (χ1) is 14.1. The van der Waals surface area contributed by atoms with Crippen LogP contribution < -0.4 is 10.7 Å². The monoisotopic (exact) mass is 427 g/mol. The highest BCUT2D eigenvalue weighted by atomic mass is 15.5. The molecule has 8 nitrogen and oxygen atoms in total. The number of rotatable bonds is 3. The van der Waals surface area contributed by atoms with Gasteiger partial charge in [-0.2, -0.15) is 5.10 Å². The van der Waals surface area contributed by atoms with Crippen molar-refractivity contribution < 1.29 is 4.99 Å². The minimum absolute atomic E-state index is 0.167. The summed E-state index contributed by atoms with van der Waals surface area (Å²) < 4.78 is 3.95. The van der Waals surface area contributed by atoms with Gasteiger partial charge >= 0.3 is 0 Å². The number of fused-ring (bicyclic) bond motifs is 1. The van der Waals surface area contributed by atoms with E-state index in [0.717, 1.165) is 34.3 Å². The van der Waals surface area contributed by atoms with E-state index < -0.39 is 0 Å². The Morgan fingerprint density at radius 3 is 2.06 bits per heavy atom. The molecule has 31 heavy (non-hydrogen) atoms. The molecule has 2 aromatic heterocycles. The van der Waals surface area contributed by atoms with E-state index in [1.807, 2.05) is 0 Å². The van der Waals surface area contributed by atoms with Gasteiger partial charge in [-0.25, -0.2) is 4.99 Å². The number of nitrogens with zero attached hydrogens (tertiary/aromatic N) is 6. The third kappa shape index (κ3) is 4.04. The SMILES string of the molecule is CC(C)C(N)=[NH+]C1=NN=C(C(C)(C)C)C1c1c(C(C)(C)C)nn2nc(C(C)C)n(C)c12. The highest BCUT2D eigenvalue weighted by molar-refractivity contribution is 6.14. The van der Waals surface area contributed by atoms with Crippen LogP contribution in [0.25, 0.3) is 5.65 Å². The molecule has 0 aliphatic carbocycles. The van der Waals surface area contributed by atoms with Crippen LogP contribution in [0.2, 0.25) is 0 Å². The Labute approximate surface area is 185 Å². The second kappa shape index (κ2) is 7.57. The quantitative estimate of drug-likeness (QED) is 0.581. The Hall–Kier alpha value is -2.51. The number of hydrogen-bond donors (Lipinski definition) is 2. The van der Waals surface area contributed by atoms with Crippen LogP contribution in [0.15, 0.2) is 10.2 Å². The molecular weight excluding hydrogens is 388 g/mol. The Kier molecular flexibility index (Phi) is 5.65. The van der Waals surface area contributed by atoms with Crippen molar-refractivity contribution in [2.45, 2.75) is 86.5 Å². The summed E-state index contributed by atoms with van der Waals surface area (Å²) in [5.74, 6) is 2.73. The standard InChI is InChI=1S/C23H38N8/c1-12(2)18(24)25-19-14(16(26-27-19)22(5,6)7)15-17(23(8,9)10)28-31-21(15)30(11)20(29-31)13(3)4/h12-14H,1-11H3,(H2,24,25,27)/p+1. The highest BCUT2D eigenvalue weighted by Crippen LogP contribution is 2.39. The summed E-state index contributed by atoms with van der Waals surface area (Å²) in [7, 11) is 2.07. The van der Waals surface area contributed by atoms with Crippen LogP contribution in [-0.4, -0.2) is 36.8 Å². The first-order valence-corrected chi connectivity index (χ1v) is 11.2. The van der Waals surface area contributed by atoms with Crippen molar-refractivity contribution in [1.82, 2.24) is 19.4 Å². The fourth-order valence-electron chi connectivity index (χ4n) is 3.99. The number of aryl methyl sites for hydroxylation is 1. The molecule has 2 aromatic rings. The number of hydrogen-bond acceptors (Lipinski definition) is 4. The summed E-state index contributed by atoms with van der Waals surface area (Å²) in [6, 6.07) is 0. The van der Waals surface area contributed by atoms with E-state index in [0.29, 0.717) is 5.84 Å². The maximum atomic E-state index is 6.31. The van der Waals surface area contributed by atoms with E-state index in [2.05, 4.69) is 96.0 Å². The average Bonchev–Trinajstić information content (AvgIpc) is 3.26. The summed E-state index contributed by atoms with van der Waals surface area (Å²) in [5, 5.41) is 19.0. The van der Waals surface area contributed by atoms with Crippen molar-refractivity contribution in [1.29, 1.82) is 0 Å². The lowest BCUT2D eigenvalue weighted by molar-refractivity contribution is -0.324. The summed E-state index contributed by atoms with van der Waals surface area (Å²) in [4.78, 5) is 3.37. The molecule has 0 radical (unpaired) electrons. The zero-order chi connectivity index (χ0) is 23.5. The minimum atomic E-state index is -0.176. The predicted molar refractivity (Wildman–Crippen MR) is 127 cm³/mol. The molecule has 3 heterocycles. The molecule has 0 fully saturated rings. The first-order valence-electron chi connectivity index (χ1n) is 11.2. The molecule has 0 spiro atoms. The van der Waals surface area contributed by atoms with Crippen molar-refractivity contribution >= 4 is 23.0 Å². The number of nitrogens with two attached hydrogens (primary N) is 1. The van der Waals surface area contributed by atoms with E-state index in [-0.39, 0.29) is 28.6 Å². The number of aromatic nitrogens is 4. The van der Waals surface area contributed by atoms with Gasteiger partial charge in [0.1, 0.15) is 11.7 Å². The predicted octanol–water partition coefficient (Wildman–Crippen LogP) is 2.48. The summed E-state index contributed by atoms with van der Waals surface area (Å²) in [5.41, 5.74) is 10.0. The van der Waals surface area contributed by atoms with Gasteiger partial charge in [-0.15, -0.1) is 9.73 Å². The van der Waals surface area contributed by atoms with E-state index in [4.69, 9.17) is 15.9 Å². The Morgan fingerprint density at radius 1 is 0.968 bits per heavy atom. The van der Waals surface area contributed by atoms with E-state index in [9.17, 15) is 0 Å². The largest absolute Gasteiger partial charge is 0.322 e. The van der Waals surface area contributed by atoms with Crippen LogP contribution in [0.3, 0.4) is 0 Å². The molecule has 0 saturated carbocycles. The number of amidine groups is 2. The van der Waals surface area contributed by atoms with Gasteiger partial charge in [0.05, 0.1) is 11.4 Å². The lowest BCUT2D eigenvalue weighted by Crippen LogP contribution is -2.81. The molecule has 1 aliphatic heterocycles. The maximum Gasteiger partial charge on any atom is 0.275 e. The fourth-order valence-corrected chi connectivity index (χ4v) is 3.99. The lowest BCUT2D eigenvalue weighted by atomic mass is 9.76. The van der Waals surface area contributed by atoms with Crippen LogP contribution in [0.1, 0.15) is 98.2 Å². The van der Waals surface area contributed by atoms with Gasteiger partial charge in [-0.3, -0.25) is 0 Å². The van der Waals surface area contributed by atoms with Gasteiger partial charge < -0.3 is 10.3 Å². The topological polar surface area (TPSA) is 99.8 Å². The first kappa shape index (κ1) is 23.2. The average molecular weight is 428 g/mol. The fraction of sp³-hybridized carbons (Fsp3) is 0.696. The lowest BCUT2D eigenvalue weighted by Gasteiger charge is -2.25. The second-order valence-electron chi connectivity index (χ2n) is 11.3. The molecule has 0 amide bonds. The smallest absolute Gasteiger partial charge is 0.275 e. The van der Waals surface area contributed by atoms with Crippen LogP contribution in [0, 0.1) is 11.3 Å². The van der Waals surface area contributed by atoms with Gasteiger partial charge in [0.15, 0.2) is 11.5 Å². The Balaban J connectivity index is 2.37. The molecule has 1 aliphatic rings. The molecule has 0 aromatic carbocycles. The number of nitrogens with one attached hydrogen (secondary N) is 1. The van der Waals surface area contributed by atoms with Crippen LogP contribution in [0.5, 0.6) is 0 Å². The molecule has 3 rings (SSSR count). The van der Waals surface area contributed by atoms with Gasteiger partial charge in [-0.05, 0) is 0 Å². The van der Waals surface area contributed by atoms with E-state index in [1.165, 1.54) is 0 Å². The molecule has 8 heteroatoms. The zero-order valence-corrected chi connectivity index (χ0v) is 21.0. The molecule has 1 atom stereocenters. The highest BCUT2D eigenvalue weighted by Gasteiger charge is 2.45. The summed E-state index contributed by atoms with van der Waals surface area (Å²) in [6.45, 7) is 21.5. The van der Waals surface area contributed by atoms with Gasteiger partial charge in [-0.1, -0.05) is 74.3 Å². The molecule has 170 valence electrons. The molecule has 1 unspecified atom stereocenters. The van der Waals surface area contributed by atoms with Crippen molar-refractivity contribution in [2.24, 2.45) is 34.3 Å².